The Bertz CT molecular complexity index is 1110. The maximum atomic E-state index is 13.4. The molecule has 0 bridgehead atoms. The van der Waals surface area contributed by atoms with Crippen molar-refractivity contribution in [2.75, 3.05) is 22.8 Å². The standard InChI is InChI=1S/C22H28N4O4S2/c1-14-23-20(13-31-14)26(17-8-10-30-11-9-17)32(28,29)25-22(27)24-21-18-6-2-4-15(18)12-16-5-3-7-19(16)21/h12-13,17H,2-11H2,1H3,(H2,24,25,27). The molecular weight excluding hydrogens is 448 g/mol. The highest BCUT2D eigenvalue weighted by Gasteiger charge is 2.35. The maximum absolute atomic E-state index is 13.4. The van der Waals surface area contributed by atoms with Gasteiger partial charge in [0.25, 0.3) is 0 Å². The Morgan fingerprint density at radius 3 is 2.38 bits per heavy atom. The molecular formula is C22H28N4O4S2. The van der Waals surface area contributed by atoms with Crippen molar-refractivity contribution in [3.63, 3.8) is 0 Å². The zero-order valence-corrected chi connectivity index (χ0v) is 19.8. The van der Waals surface area contributed by atoms with Gasteiger partial charge in [0.2, 0.25) is 0 Å². The second kappa shape index (κ2) is 8.64. The van der Waals surface area contributed by atoms with Crippen molar-refractivity contribution in [1.29, 1.82) is 0 Å². The average molecular weight is 477 g/mol. The molecule has 1 aromatic heterocycles. The summed E-state index contributed by atoms with van der Waals surface area (Å²) in [6.07, 6.45) is 7.09. The Morgan fingerprint density at radius 1 is 1.12 bits per heavy atom. The van der Waals surface area contributed by atoms with Crippen LogP contribution in [0.25, 0.3) is 0 Å². The third kappa shape index (κ3) is 4.11. The van der Waals surface area contributed by atoms with E-state index < -0.39 is 16.2 Å². The molecule has 1 aromatic carbocycles. The molecule has 0 atom stereocenters. The molecule has 1 aliphatic heterocycles. The largest absolute Gasteiger partial charge is 0.381 e. The van der Waals surface area contributed by atoms with Crippen molar-refractivity contribution in [3.05, 3.63) is 38.7 Å². The molecule has 3 aliphatic rings. The van der Waals surface area contributed by atoms with E-state index in [1.807, 2.05) is 6.92 Å². The van der Waals surface area contributed by atoms with Crippen molar-refractivity contribution < 1.29 is 17.9 Å². The lowest BCUT2D eigenvalue weighted by Gasteiger charge is -2.33. The van der Waals surface area contributed by atoms with Crippen LogP contribution in [-0.2, 0) is 40.6 Å². The van der Waals surface area contributed by atoms with Crippen LogP contribution < -0.4 is 14.3 Å². The number of hydrogen-bond acceptors (Lipinski definition) is 6. The summed E-state index contributed by atoms with van der Waals surface area (Å²) in [5.41, 5.74) is 5.71. The van der Waals surface area contributed by atoms with Crippen LogP contribution in [0.3, 0.4) is 0 Å². The van der Waals surface area contributed by atoms with Crippen molar-refractivity contribution in [1.82, 2.24) is 9.71 Å². The minimum absolute atomic E-state index is 0.305. The van der Waals surface area contributed by atoms with E-state index in [0.29, 0.717) is 31.9 Å². The van der Waals surface area contributed by atoms with Gasteiger partial charge in [-0.3, -0.25) is 0 Å². The first-order valence-corrected chi connectivity index (χ1v) is 13.5. The van der Waals surface area contributed by atoms with E-state index in [4.69, 9.17) is 4.74 Å². The highest BCUT2D eigenvalue weighted by Crippen LogP contribution is 2.38. The number of carbonyl (C=O) groups excluding carboxylic acids is 1. The molecule has 2 N–H and O–H groups in total. The molecule has 32 heavy (non-hydrogen) atoms. The molecule has 0 radical (unpaired) electrons. The normalized spacial score (nSPS) is 18.3. The van der Waals surface area contributed by atoms with Crippen LogP contribution in [0.1, 0.15) is 52.9 Å². The number of aromatic nitrogens is 1. The van der Waals surface area contributed by atoms with Gasteiger partial charge in [-0.2, -0.15) is 8.42 Å². The monoisotopic (exact) mass is 476 g/mol. The number of hydrogen-bond donors (Lipinski definition) is 2. The number of anilines is 2. The first-order valence-electron chi connectivity index (χ1n) is 11.2. The van der Waals surface area contributed by atoms with Gasteiger partial charge in [0.1, 0.15) is 0 Å². The summed E-state index contributed by atoms with van der Waals surface area (Å²) in [5, 5.41) is 5.41. The van der Waals surface area contributed by atoms with Crippen LogP contribution in [0.2, 0.25) is 0 Å². The van der Waals surface area contributed by atoms with E-state index in [9.17, 15) is 13.2 Å². The van der Waals surface area contributed by atoms with E-state index in [2.05, 4.69) is 21.1 Å². The topological polar surface area (TPSA) is 101 Å². The number of benzene rings is 1. The number of rotatable bonds is 5. The second-order valence-electron chi connectivity index (χ2n) is 8.66. The fourth-order valence-corrected chi connectivity index (χ4v) is 7.13. The molecule has 0 spiro atoms. The highest BCUT2D eigenvalue weighted by molar-refractivity contribution is 7.91. The Kier molecular flexibility index (Phi) is 5.85. The first kappa shape index (κ1) is 21.7. The van der Waals surface area contributed by atoms with Gasteiger partial charge in [-0.1, -0.05) is 6.07 Å². The third-order valence-electron chi connectivity index (χ3n) is 6.55. The molecule has 10 heteroatoms. The van der Waals surface area contributed by atoms with Crippen LogP contribution >= 0.6 is 11.3 Å². The summed E-state index contributed by atoms with van der Waals surface area (Å²) in [5.74, 6) is 0.348. The number of thiazole rings is 1. The molecule has 2 aliphatic carbocycles. The lowest BCUT2D eigenvalue weighted by molar-refractivity contribution is 0.0874. The van der Waals surface area contributed by atoms with Gasteiger partial charge >= 0.3 is 16.2 Å². The minimum atomic E-state index is -4.15. The van der Waals surface area contributed by atoms with Crippen molar-refractivity contribution in [2.45, 2.75) is 64.3 Å². The summed E-state index contributed by atoms with van der Waals surface area (Å²) >= 11 is 1.38. The summed E-state index contributed by atoms with van der Waals surface area (Å²) < 4.78 is 35.7. The van der Waals surface area contributed by atoms with Crippen LogP contribution in [0.5, 0.6) is 0 Å². The molecule has 0 unspecified atom stereocenters. The molecule has 2 amide bonds. The van der Waals surface area contributed by atoms with E-state index in [1.54, 1.807) is 5.38 Å². The summed E-state index contributed by atoms with van der Waals surface area (Å²) in [7, 11) is -4.15. The molecule has 8 nitrogen and oxygen atoms in total. The van der Waals surface area contributed by atoms with Crippen LogP contribution in [0.4, 0.5) is 16.3 Å². The lowest BCUT2D eigenvalue weighted by atomic mass is 9.99. The second-order valence-corrected chi connectivity index (χ2v) is 11.3. The Hall–Kier alpha value is -2.17. The van der Waals surface area contributed by atoms with Gasteiger partial charge < -0.3 is 10.1 Å². The summed E-state index contributed by atoms with van der Waals surface area (Å²) in [4.78, 5) is 17.4. The first-order chi connectivity index (χ1) is 15.4. The maximum Gasteiger partial charge on any atom is 0.334 e. The SMILES string of the molecule is Cc1nc(N(C2CCOCC2)S(=O)(=O)NC(=O)Nc2c3c(cc4c2CCC4)CCC3)cs1. The minimum Gasteiger partial charge on any atom is -0.381 e. The number of ether oxygens (including phenoxy) is 1. The Balaban J connectivity index is 1.41. The van der Waals surface area contributed by atoms with Gasteiger partial charge in [-0.25, -0.2) is 18.8 Å². The quantitative estimate of drug-likeness (QED) is 0.688. The van der Waals surface area contributed by atoms with Crippen molar-refractivity contribution >= 4 is 39.1 Å². The molecule has 172 valence electrons. The number of carbonyl (C=O) groups is 1. The highest BCUT2D eigenvalue weighted by atomic mass is 32.2. The third-order valence-corrected chi connectivity index (χ3v) is 8.75. The summed E-state index contributed by atoms with van der Waals surface area (Å²) in [6.45, 7) is 2.79. The van der Waals surface area contributed by atoms with Crippen LogP contribution in [0.15, 0.2) is 11.4 Å². The van der Waals surface area contributed by atoms with Crippen LogP contribution in [0, 0.1) is 6.92 Å². The van der Waals surface area contributed by atoms with Crippen molar-refractivity contribution in [2.24, 2.45) is 0 Å². The van der Waals surface area contributed by atoms with E-state index in [-0.39, 0.29) is 6.04 Å². The molecule has 2 aromatic rings. The lowest BCUT2D eigenvalue weighted by Crippen LogP contribution is -2.51. The smallest absolute Gasteiger partial charge is 0.334 e. The number of amides is 2. The number of nitrogens with zero attached hydrogens (tertiary/aromatic N) is 2. The molecule has 1 fully saturated rings. The van der Waals surface area contributed by atoms with Crippen molar-refractivity contribution in [3.8, 4) is 0 Å². The van der Waals surface area contributed by atoms with Crippen LogP contribution in [-0.4, -0.2) is 38.7 Å². The van der Waals surface area contributed by atoms with Gasteiger partial charge in [-0.05, 0) is 80.5 Å². The van der Waals surface area contributed by atoms with Gasteiger partial charge in [-0.15, -0.1) is 11.3 Å². The molecule has 5 rings (SSSR count). The van der Waals surface area contributed by atoms with E-state index in [0.717, 1.165) is 60.3 Å². The Labute approximate surface area is 192 Å². The van der Waals surface area contributed by atoms with Gasteiger partial charge in [0, 0.05) is 24.3 Å². The van der Waals surface area contributed by atoms with Gasteiger partial charge in [0.15, 0.2) is 5.82 Å². The zero-order chi connectivity index (χ0) is 22.3. The molecule has 2 heterocycles. The van der Waals surface area contributed by atoms with Gasteiger partial charge in [0.05, 0.1) is 11.0 Å². The molecule has 0 saturated carbocycles. The number of aryl methyl sites for hydroxylation is 3. The van der Waals surface area contributed by atoms with E-state index in [1.165, 1.54) is 26.8 Å². The molecule has 1 saturated heterocycles. The average Bonchev–Trinajstić information content (AvgIpc) is 3.49. The predicted octanol–water partition coefficient (Wildman–Crippen LogP) is 3.48. The zero-order valence-electron chi connectivity index (χ0n) is 18.1. The number of nitrogens with one attached hydrogen (secondary N) is 2. The fraction of sp³-hybridized carbons (Fsp3) is 0.545. The predicted molar refractivity (Wildman–Crippen MR) is 125 cm³/mol. The Morgan fingerprint density at radius 2 is 1.78 bits per heavy atom. The van der Waals surface area contributed by atoms with E-state index >= 15 is 0 Å². The fourth-order valence-electron chi connectivity index (χ4n) is 5.15. The summed E-state index contributed by atoms with van der Waals surface area (Å²) in [6, 6.07) is 1.26. The number of fused-ring (bicyclic) bond motifs is 2. The number of urea groups is 1.